The fraction of sp³-hybridized carbons (Fsp3) is 0.214. The van der Waals surface area contributed by atoms with Gasteiger partial charge < -0.3 is 19.3 Å². The second-order valence-corrected chi connectivity index (χ2v) is 8.05. The molecule has 0 aromatic heterocycles. The molecule has 1 N–H and O–H groups in total. The van der Waals surface area contributed by atoms with E-state index >= 15 is 0 Å². The van der Waals surface area contributed by atoms with Crippen LogP contribution < -0.4 is 19.1 Å². The zero-order valence-corrected chi connectivity index (χ0v) is 20.1. The molecule has 0 spiro atoms. The van der Waals surface area contributed by atoms with Crippen molar-refractivity contribution in [2.45, 2.75) is 19.9 Å². The maximum absolute atomic E-state index is 13.4. The number of Topliss-reactive ketones (excluding diaryl/α,β-unsaturated/α-hetero) is 1. The van der Waals surface area contributed by atoms with Gasteiger partial charge in [-0.3, -0.25) is 14.5 Å². The Hall–Kier alpha value is -4.26. The molecule has 1 atom stereocenters. The first-order chi connectivity index (χ1) is 16.9. The number of carbonyl (C=O) groups excluding carboxylic acids is 2. The number of rotatable bonds is 7. The topological polar surface area (TPSA) is 85.3 Å². The normalized spacial score (nSPS) is 16.9. The summed E-state index contributed by atoms with van der Waals surface area (Å²) in [7, 11) is 3.02. The smallest absolute Gasteiger partial charge is 0.300 e. The summed E-state index contributed by atoms with van der Waals surface area (Å²) in [6.45, 7) is 4.16. The lowest BCUT2D eigenvalue weighted by atomic mass is 9.94. The number of nitrogens with zero attached hydrogens (tertiary/aromatic N) is 1. The largest absolute Gasteiger partial charge is 0.507 e. The second-order valence-electron chi connectivity index (χ2n) is 8.05. The fourth-order valence-corrected chi connectivity index (χ4v) is 4.31. The number of aryl methyl sites for hydroxylation is 1. The predicted molar refractivity (Wildman–Crippen MR) is 133 cm³/mol. The third-order valence-electron chi connectivity index (χ3n) is 5.89. The molecule has 1 saturated heterocycles. The average Bonchev–Trinajstić information content (AvgIpc) is 3.14. The summed E-state index contributed by atoms with van der Waals surface area (Å²) in [6.07, 6.45) is 0. The van der Waals surface area contributed by atoms with Crippen LogP contribution in [0, 0.1) is 6.92 Å². The Bertz CT molecular complexity index is 1310. The zero-order chi connectivity index (χ0) is 25.1. The van der Waals surface area contributed by atoms with Crippen LogP contribution in [0.5, 0.6) is 17.2 Å². The minimum atomic E-state index is -0.896. The van der Waals surface area contributed by atoms with Gasteiger partial charge in [0, 0.05) is 5.69 Å². The molecule has 0 bridgehead atoms. The lowest BCUT2D eigenvalue weighted by Gasteiger charge is -2.26. The Labute approximate surface area is 204 Å². The van der Waals surface area contributed by atoms with Crippen LogP contribution in [0.4, 0.5) is 5.69 Å². The molecule has 1 unspecified atom stereocenters. The number of ether oxygens (including phenoxy) is 3. The minimum absolute atomic E-state index is 0.0337. The lowest BCUT2D eigenvalue weighted by molar-refractivity contribution is -0.132. The van der Waals surface area contributed by atoms with Crippen LogP contribution in [-0.2, 0) is 9.59 Å². The number of hydrogen-bond donors (Lipinski definition) is 1. The molecule has 3 aromatic rings. The number of anilines is 1. The van der Waals surface area contributed by atoms with Gasteiger partial charge in [0.25, 0.3) is 11.7 Å². The monoisotopic (exact) mass is 473 g/mol. The van der Waals surface area contributed by atoms with Gasteiger partial charge >= 0.3 is 0 Å². The van der Waals surface area contributed by atoms with Gasteiger partial charge in [-0.2, -0.15) is 0 Å². The highest BCUT2D eigenvalue weighted by Gasteiger charge is 2.47. The average molecular weight is 474 g/mol. The van der Waals surface area contributed by atoms with E-state index in [0.29, 0.717) is 40.7 Å². The summed E-state index contributed by atoms with van der Waals surface area (Å²) in [5, 5.41) is 11.4. The van der Waals surface area contributed by atoms with Crippen LogP contribution >= 0.6 is 0 Å². The van der Waals surface area contributed by atoms with Crippen molar-refractivity contribution in [2.75, 3.05) is 25.7 Å². The van der Waals surface area contributed by atoms with Crippen LogP contribution in [0.2, 0.25) is 0 Å². The predicted octanol–water partition coefficient (Wildman–Crippen LogP) is 5.04. The summed E-state index contributed by atoms with van der Waals surface area (Å²) in [5.41, 5.74) is 2.35. The van der Waals surface area contributed by atoms with Gasteiger partial charge in [-0.15, -0.1) is 0 Å². The van der Waals surface area contributed by atoms with Crippen LogP contribution in [0.3, 0.4) is 0 Å². The van der Waals surface area contributed by atoms with E-state index in [0.717, 1.165) is 5.56 Å². The molecule has 0 saturated carbocycles. The summed E-state index contributed by atoms with van der Waals surface area (Å²) in [5.74, 6) is -0.447. The number of amides is 1. The number of carbonyl (C=O) groups is 2. The third kappa shape index (κ3) is 4.33. The van der Waals surface area contributed by atoms with Crippen LogP contribution in [0.15, 0.2) is 72.3 Å². The van der Waals surface area contributed by atoms with E-state index in [9.17, 15) is 14.7 Å². The molecule has 0 radical (unpaired) electrons. The van der Waals surface area contributed by atoms with Gasteiger partial charge in [-0.05, 0) is 61.4 Å². The molecule has 1 amide bonds. The molecular weight excluding hydrogens is 446 g/mol. The second kappa shape index (κ2) is 9.93. The summed E-state index contributed by atoms with van der Waals surface area (Å²) >= 11 is 0. The van der Waals surface area contributed by atoms with Crippen molar-refractivity contribution >= 4 is 23.1 Å². The van der Waals surface area contributed by atoms with E-state index in [1.54, 1.807) is 48.5 Å². The molecule has 1 heterocycles. The quantitative estimate of drug-likeness (QED) is 0.294. The van der Waals surface area contributed by atoms with Crippen LogP contribution in [0.1, 0.15) is 29.7 Å². The number of hydrogen-bond acceptors (Lipinski definition) is 6. The van der Waals surface area contributed by atoms with Crippen molar-refractivity contribution in [1.82, 2.24) is 0 Å². The van der Waals surface area contributed by atoms with E-state index in [-0.39, 0.29) is 11.3 Å². The van der Waals surface area contributed by atoms with E-state index in [1.807, 2.05) is 32.0 Å². The lowest BCUT2D eigenvalue weighted by Crippen LogP contribution is -2.29. The number of benzene rings is 3. The van der Waals surface area contributed by atoms with Crippen molar-refractivity contribution in [2.24, 2.45) is 0 Å². The molecule has 1 aliphatic heterocycles. The summed E-state index contributed by atoms with van der Waals surface area (Å²) < 4.78 is 16.6. The summed E-state index contributed by atoms with van der Waals surface area (Å²) in [6, 6.07) is 18.5. The maximum Gasteiger partial charge on any atom is 0.300 e. The molecule has 1 aliphatic rings. The minimum Gasteiger partial charge on any atom is -0.507 e. The molecular formula is C28H27NO6. The Morgan fingerprint density at radius 2 is 1.66 bits per heavy atom. The number of para-hydroxylation sites is 1. The van der Waals surface area contributed by atoms with Crippen molar-refractivity contribution in [3.8, 4) is 17.2 Å². The zero-order valence-electron chi connectivity index (χ0n) is 20.1. The molecule has 3 aromatic carbocycles. The molecule has 7 nitrogen and oxygen atoms in total. The maximum atomic E-state index is 13.4. The number of ketones is 1. The van der Waals surface area contributed by atoms with E-state index in [1.165, 1.54) is 19.1 Å². The molecule has 0 aliphatic carbocycles. The first kappa shape index (κ1) is 23.9. The summed E-state index contributed by atoms with van der Waals surface area (Å²) in [4.78, 5) is 28.2. The fourth-order valence-electron chi connectivity index (χ4n) is 4.31. The van der Waals surface area contributed by atoms with Crippen molar-refractivity contribution in [3.05, 3.63) is 89.0 Å². The number of aliphatic hydroxyl groups excluding tert-OH is 1. The van der Waals surface area contributed by atoms with Gasteiger partial charge in [-0.25, -0.2) is 0 Å². The van der Waals surface area contributed by atoms with Gasteiger partial charge in [-0.1, -0.05) is 30.3 Å². The van der Waals surface area contributed by atoms with Crippen molar-refractivity contribution in [3.63, 3.8) is 0 Å². The molecule has 1 fully saturated rings. The third-order valence-corrected chi connectivity index (χ3v) is 5.89. The van der Waals surface area contributed by atoms with E-state index < -0.39 is 17.7 Å². The standard InChI is InChI=1S/C28H27NO6/c1-5-35-23-16-18(13-14-22(23)34-4)25-24(26(30)20-11-6-7-12-21(20)33-3)27(31)28(32)29(25)19-10-8-9-17(2)15-19/h6-16,25,30H,5H2,1-4H3/b26-24-. The SMILES string of the molecule is CCOc1cc(C2/C(=C(/O)c3ccccc3OC)C(=O)C(=O)N2c2cccc(C)c2)ccc1OC. The van der Waals surface area contributed by atoms with E-state index in [4.69, 9.17) is 14.2 Å². The van der Waals surface area contributed by atoms with Gasteiger partial charge in [0.15, 0.2) is 11.5 Å². The first-order valence-corrected chi connectivity index (χ1v) is 11.2. The Balaban J connectivity index is 1.99. The molecule has 7 heteroatoms. The first-order valence-electron chi connectivity index (χ1n) is 11.2. The van der Waals surface area contributed by atoms with Crippen LogP contribution in [0.25, 0.3) is 5.76 Å². The van der Waals surface area contributed by atoms with E-state index in [2.05, 4.69) is 0 Å². The van der Waals surface area contributed by atoms with Crippen molar-refractivity contribution < 1.29 is 28.9 Å². The molecule has 180 valence electrons. The Morgan fingerprint density at radius 1 is 0.914 bits per heavy atom. The highest BCUT2D eigenvalue weighted by molar-refractivity contribution is 6.51. The highest BCUT2D eigenvalue weighted by atomic mass is 16.5. The van der Waals surface area contributed by atoms with Gasteiger partial charge in [0.05, 0.1) is 38.0 Å². The van der Waals surface area contributed by atoms with Gasteiger partial charge in [0.2, 0.25) is 0 Å². The molecule has 4 rings (SSSR count). The van der Waals surface area contributed by atoms with Crippen molar-refractivity contribution in [1.29, 1.82) is 0 Å². The Morgan fingerprint density at radius 3 is 2.34 bits per heavy atom. The highest BCUT2D eigenvalue weighted by Crippen LogP contribution is 2.45. The molecule has 35 heavy (non-hydrogen) atoms. The van der Waals surface area contributed by atoms with Crippen LogP contribution in [-0.4, -0.2) is 37.6 Å². The Kier molecular flexibility index (Phi) is 6.78. The number of methoxy groups -OCH3 is 2. The van der Waals surface area contributed by atoms with Gasteiger partial charge in [0.1, 0.15) is 11.5 Å². The number of aliphatic hydroxyl groups is 1.